The molecule has 3 nitrogen and oxygen atoms in total. The number of pyridine rings is 1. The highest BCUT2D eigenvalue weighted by Gasteiger charge is 1.99. The lowest BCUT2D eigenvalue weighted by Gasteiger charge is -2.00. The average Bonchev–Trinajstić information content (AvgIpc) is 2.45. The van der Waals surface area contributed by atoms with Crippen LogP contribution in [-0.4, -0.2) is 10.8 Å². The van der Waals surface area contributed by atoms with Crippen molar-refractivity contribution in [2.45, 2.75) is 6.54 Å². The number of hydrogen-bond donors (Lipinski definition) is 1. The molecular weight excluding hydrogens is 224 g/mol. The number of rotatable bonds is 5. The lowest BCUT2D eigenvalue weighted by Crippen LogP contribution is -2.05. The fraction of sp³-hybridized carbons (Fsp3) is 0.0667. The smallest absolute Gasteiger partial charge is 0.188 e. The van der Waals surface area contributed by atoms with Crippen molar-refractivity contribution in [1.29, 1.82) is 0 Å². The molecule has 0 amide bonds. The van der Waals surface area contributed by atoms with Crippen LogP contribution in [0.15, 0.2) is 67.1 Å². The van der Waals surface area contributed by atoms with Gasteiger partial charge in [-0.3, -0.25) is 9.78 Å². The molecule has 1 N–H and O–H groups in total. The molecule has 1 heterocycles. The van der Waals surface area contributed by atoms with Crippen LogP contribution in [0.5, 0.6) is 0 Å². The summed E-state index contributed by atoms with van der Waals surface area (Å²) >= 11 is 0. The molecule has 0 unspecified atom stereocenters. The van der Waals surface area contributed by atoms with Gasteiger partial charge >= 0.3 is 0 Å². The van der Waals surface area contributed by atoms with E-state index in [9.17, 15) is 4.79 Å². The SMILES string of the molecule is O=C(/C=C\NCc1ccccc1)c1cccnc1. The third kappa shape index (κ3) is 3.56. The van der Waals surface area contributed by atoms with E-state index in [1.165, 1.54) is 11.6 Å². The first-order valence-corrected chi connectivity index (χ1v) is 5.74. The van der Waals surface area contributed by atoms with Crippen molar-refractivity contribution in [3.05, 3.63) is 78.3 Å². The molecule has 90 valence electrons. The first-order chi connectivity index (χ1) is 8.86. The van der Waals surface area contributed by atoms with E-state index in [1.54, 1.807) is 30.7 Å². The van der Waals surface area contributed by atoms with Gasteiger partial charge in [0.2, 0.25) is 0 Å². The summed E-state index contributed by atoms with van der Waals surface area (Å²) < 4.78 is 0. The Morgan fingerprint density at radius 2 is 2.00 bits per heavy atom. The van der Waals surface area contributed by atoms with Crippen LogP contribution in [0.1, 0.15) is 15.9 Å². The minimum Gasteiger partial charge on any atom is -0.387 e. The Labute approximate surface area is 106 Å². The standard InChI is InChI=1S/C15H14N2O/c18-15(14-7-4-9-16-12-14)8-10-17-11-13-5-2-1-3-6-13/h1-10,12,17H,11H2/b10-8-. The van der Waals surface area contributed by atoms with Crippen LogP contribution in [0.2, 0.25) is 0 Å². The molecule has 0 saturated carbocycles. The molecule has 0 saturated heterocycles. The normalized spacial score (nSPS) is 10.4. The molecule has 1 aromatic carbocycles. The number of aromatic nitrogens is 1. The second kappa shape index (κ2) is 6.35. The summed E-state index contributed by atoms with van der Waals surface area (Å²) in [6.45, 7) is 0.706. The van der Waals surface area contributed by atoms with Gasteiger partial charge in [0.15, 0.2) is 5.78 Å². The molecule has 0 bridgehead atoms. The zero-order valence-corrected chi connectivity index (χ0v) is 9.91. The van der Waals surface area contributed by atoms with E-state index in [4.69, 9.17) is 0 Å². The van der Waals surface area contributed by atoms with Crippen LogP contribution in [0, 0.1) is 0 Å². The van der Waals surface area contributed by atoms with Crippen molar-refractivity contribution in [1.82, 2.24) is 10.3 Å². The zero-order chi connectivity index (χ0) is 12.6. The number of carbonyl (C=O) groups is 1. The largest absolute Gasteiger partial charge is 0.387 e. The molecule has 0 spiro atoms. The number of allylic oxidation sites excluding steroid dienone is 1. The number of nitrogens with one attached hydrogen (secondary N) is 1. The van der Waals surface area contributed by atoms with E-state index >= 15 is 0 Å². The van der Waals surface area contributed by atoms with Gasteiger partial charge < -0.3 is 5.32 Å². The Kier molecular flexibility index (Phi) is 4.25. The number of hydrogen-bond acceptors (Lipinski definition) is 3. The molecule has 2 rings (SSSR count). The van der Waals surface area contributed by atoms with Gasteiger partial charge in [-0.15, -0.1) is 0 Å². The Morgan fingerprint density at radius 1 is 1.17 bits per heavy atom. The first-order valence-electron chi connectivity index (χ1n) is 5.74. The van der Waals surface area contributed by atoms with Gasteiger partial charge in [-0.05, 0) is 17.7 Å². The summed E-state index contributed by atoms with van der Waals surface area (Å²) in [5, 5.41) is 3.08. The minimum absolute atomic E-state index is 0.0522. The molecule has 0 aliphatic heterocycles. The Hall–Kier alpha value is -2.42. The quantitative estimate of drug-likeness (QED) is 0.643. The monoisotopic (exact) mass is 238 g/mol. The van der Waals surface area contributed by atoms with Crippen LogP contribution < -0.4 is 5.32 Å². The van der Waals surface area contributed by atoms with E-state index < -0.39 is 0 Å². The van der Waals surface area contributed by atoms with Crippen molar-refractivity contribution < 1.29 is 4.79 Å². The van der Waals surface area contributed by atoms with E-state index in [-0.39, 0.29) is 5.78 Å². The molecule has 0 atom stereocenters. The third-order valence-corrected chi connectivity index (χ3v) is 2.45. The fourth-order valence-electron chi connectivity index (χ4n) is 1.51. The molecule has 18 heavy (non-hydrogen) atoms. The second-order valence-corrected chi connectivity index (χ2v) is 3.81. The van der Waals surface area contributed by atoms with Crippen molar-refractivity contribution >= 4 is 5.78 Å². The zero-order valence-electron chi connectivity index (χ0n) is 9.91. The summed E-state index contributed by atoms with van der Waals surface area (Å²) in [5.41, 5.74) is 1.77. The molecule has 3 heteroatoms. The van der Waals surface area contributed by atoms with Gasteiger partial charge in [-0.2, -0.15) is 0 Å². The van der Waals surface area contributed by atoms with Crippen LogP contribution in [0.4, 0.5) is 0 Å². The van der Waals surface area contributed by atoms with Crippen molar-refractivity contribution in [2.75, 3.05) is 0 Å². The Morgan fingerprint density at radius 3 is 2.72 bits per heavy atom. The lowest BCUT2D eigenvalue weighted by atomic mass is 10.2. The van der Waals surface area contributed by atoms with Crippen LogP contribution in [0.25, 0.3) is 0 Å². The third-order valence-electron chi connectivity index (χ3n) is 2.45. The Balaban J connectivity index is 1.84. The van der Waals surface area contributed by atoms with E-state index in [2.05, 4.69) is 10.3 Å². The van der Waals surface area contributed by atoms with Gasteiger partial charge in [-0.1, -0.05) is 30.3 Å². The maximum Gasteiger partial charge on any atom is 0.188 e. The number of carbonyl (C=O) groups excluding carboxylic acids is 1. The predicted octanol–water partition coefficient (Wildman–Crippen LogP) is 2.57. The molecule has 0 aliphatic carbocycles. The van der Waals surface area contributed by atoms with Gasteiger partial charge in [0, 0.05) is 36.8 Å². The maximum absolute atomic E-state index is 11.7. The summed E-state index contributed by atoms with van der Waals surface area (Å²) in [6, 6.07) is 13.5. The lowest BCUT2D eigenvalue weighted by molar-refractivity contribution is 0.104. The van der Waals surface area contributed by atoms with Crippen LogP contribution in [0.3, 0.4) is 0 Å². The van der Waals surface area contributed by atoms with E-state index in [0.29, 0.717) is 12.1 Å². The van der Waals surface area contributed by atoms with Gasteiger partial charge in [0.25, 0.3) is 0 Å². The molecule has 0 fully saturated rings. The molecule has 0 radical (unpaired) electrons. The average molecular weight is 238 g/mol. The number of nitrogens with zero attached hydrogens (tertiary/aromatic N) is 1. The summed E-state index contributed by atoms with van der Waals surface area (Å²) in [4.78, 5) is 15.6. The summed E-state index contributed by atoms with van der Waals surface area (Å²) in [6.07, 6.45) is 6.39. The summed E-state index contributed by atoms with van der Waals surface area (Å²) in [5.74, 6) is -0.0522. The van der Waals surface area contributed by atoms with E-state index in [0.717, 1.165) is 0 Å². The fourth-order valence-corrected chi connectivity index (χ4v) is 1.51. The second-order valence-electron chi connectivity index (χ2n) is 3.81. The van der Waals surface area contributed by atoms with Crippen LogP contribution in [-0.2, 0) is 6.54 Å². The topological polar surface area (TPSA) is 42.0 Å². The number of ketones is 1. The minimum atomic E-state index is -0.0522. The van der Waals surface area contributed by atoms with Crippen molar-refractivity contribution in [3.63, 3.8) is 0 Å². The molecule has 0 aliphatic rings. The molecule has 2 aromatic rings. The highest BCUT2D eigenvalue weighted by atomic mass is 16.1. The van der Waals surface area contributed by atoms with Gasteiger partial charge in [-0.25, -0.2) is 0 Å². The molecular formula is C15H14N2O. The maximum atomic E-state index is 11.7. The van der Waals surface area contributed by atoms with Gasteiger partial charge in [0.1, 0.15) is 0 Å². The highest BCUT2D eigenvalue weighted by molar-refractivity contribution is 6.04. The Bertz CT molecular complexity index is 521. The predicted molar refractivity (Wildman–Crippen MR) is 71.0 cm³/mol. The molecule has 1 aromatic heterocycles. The van der Waals surface area contributed by atoms with Crippen LogP contribution >= 0.6 is 0 Å². The first kappa shape index (κ1) is 12.0. The highest BCUT2D eigenvalue weighted by Crippen LogP contribution is 1.99. The van der Waals surface area contributed by atoms with Crippen molar-refractivity contribution in [3.8, 4) is 0 Å². The van der Waals surface area contributed by atoms with Crippen molar-refractivity contribution in [2.24, 2.45) is 0 Å². The summed E-state index contributed by atoms with van der Waals surface area (Å²) in [7, 11) is 0. The van der Waals surface area contributed by atoms with E-state index in [1.807, 2.05) is 30.3 Å². The van der Waals surface area contributed by atoms with Gasteiger partial charge in [0.05, 0.1) is 0 Å². The number of benzene rings is 1.